The predicted octanol–water partition coefficient (Wildman–Crippen LogP) is 1.72. The van der Waals surface area contributed by atoms with E-state index in [4.69, 9.17) is 4.52 Å². The molecule has 1 fully saturated rings. The van der Waals surface area contributed by atoms with Gasteiger partial charge in [-0.25, -0.2) is 0 Å². The molecule has 16 heavy (non-hydrogen) atoms. The maximum atomic E-state index is 9.75. The van der Waals surface area contributed by atoms with Crippen molar-refractivity contribution in [1.82, 2.24) is 10.1 Å². The molecule has 90 valence electrons. The van der Waals surface area contributed by atoms with Gasteiger partial charge in [0.05, 0.1) is 11.8 Å². The van der Waals surface area contributed by atoms with E-state index in [2.05, 4.69) is 10.1 Å². The standard InChI is InChI=1S/C12H20N2O2/c1-9-7-11(13-16-9)8-14-6-4-3-5-12(14)10(2)15/h7,10,12,15H,3-6,8H2,1-2H3. The van der Waals surface area contributed by atoms with Crippen molar-refractivity contribution in [3.05, 3.63) is 17.5 Å². The number of aliphatic hydroxyl groups is 1. The molecule has 0 bridgehead atoms. The molecule has 0 amide bonds. The first-order valence-electron chi connectivity index (χ1n) is 6.01. The Morgan fingerprint density at radius 1 is 1.62 bits per heavy atom. The Kier molecular flexibility index (Phi) is 3.61. The van der Waals surface area contributed by atoms with Crippen molar-refractivity contribution in [2.24, 2.45) is 0 Å². The normalized spacial score (nSPS) is 24.6. The zero-order valence-electron chi connectivity index (χ0n) is 10.0. The first-order valence-corrected chi connectivity index (χ1v) is 6.01. The van der Waals surface area contributed by atoms with Crippen molar-refractivity contribution >= 4 is 0 Å². The summed E-state index contributed by atoms with van der Waals surface area (Å²) in [5, 5.41) is 13.8. The van der Waals surface area contributed by atoms with Crippen molar-refractivity contribution in [3.8, 4) is 0 Å². The molecule has 1 aliphatic heterocycles. The van der Waals surface area contributed by atoms with E-state index in [1.54, 1.807) is 0 Å². The number of piperidine rings is 1. The van der Waals surface area contributed by atoms with Crippen LogP contribution in [0.25, 0.3) is 0 Å². The minimum Gasteiger partial charge on any atom is -0.392 e. The molecule has 2 atom stereocenters. The summed E-state index contributed by atoms with van der Waals surface area (Å²) in [6.45, 7) is 5.60. The van der Waals surface area contributed by atoms with Gasteiger partial charge in [0.2, 0.25) is 0 Å². The van der Waals surface area contributed by atoms with Crippen LogP contribution in [-0.2, 0) is 6.54 Å². The number of hydrogen-bond acceptors (Lipinski definition) is 4. The average molecular weight is 224 g/mol. The highest BCUT2D eigenvalue weighted by Crippen LogP contribution is 2.21. The summed E-state index contributed by atoms with van der Waals surface area (Å²) in [7, 11) is 0. The van der Waals surface area contributed by atoms with Crippen LogP contribution in [0.1, 0.15) is 37.6 Å². The fraction of sp³-hybridized carbons (Fsp3) is 0.750. The first kappa shape index (κ1) is 11.6. The second kappa shape index (κ2) is 4.97. The van der Waals surface area contributed by atoms with E-state index < -0.39 is 0 Å². The maximum absolute atomic E-state index is 9.75. The van der Waals surface area contributed by atoms with Crippen molar-refractivity contribution in [3.63, 3.8) is 0 Å². The SMILES string of the molecule is Cc1cc(CN2CCCCC2C(C)O)no1. The Labute approximate surface area is 96.2 Å². The minimum absolute atomic E-state index is 0.269. The molecule has 1 aliphatic rings. The summed E-state index contributed by atoms with van der Waals surface area (Å²) in [6.07, 6.45) is 3.23. The Hall–Kier alpha value is -0.870. The lowest BCUT2D eigenvalue weighted by Gasteiger charge is -2.36. The van der Waals surface area contributed by atoms with Gasteiger partial charge in [-0.05, 0) is 33.2 Å². The Balaban J connectivity index is 2.01. The van der Waals surface area contributed by atoms with Crippen molar-refractivity contribution in [2.45, 2.75) is 51.8 Å². The molecule has 0 aromatic carbocycles. The molecular formula is C12H20N2O2. The second-order valence-corrected chi connectivity index (χ2v) is 4.70. The topological polar surface area (TPSA) is 49.5 Å². The monoisotopic (exact) mass is 224 g/mol. The maximum Gasteiger partial charge on any atom is 0.133 e. The van der Waals surface area contributed by atoms with Gasteiger partial charge in [-0.1, -0.05) is 11.6 Å². The molecule has 1 N–H and O–H groups in total. The summed E-state index contributed by atoms with van der Waals surface area (Å²) in [6, 6.07) is 2.24. The number of aryl methyl sites for hydroxylation is 1. The van der Waals surface area contributed by atoms with Gasteiger partial charge >= 0.3 is 0 Å². The smallest absolute Gasteiger partial charge is 0.133 e. The largest absolute Gasteiger partial charge is 0.392 e. The van der Waals surface area contributed by atoms with Crippen LogP contribution in [0.4, 0.5) is 0 Å². The molecule has 0 aliphatic carbocycles. The van der Waals surface area contributed by atoms with Crippen LogP contribution >= 0.6 is 0 Å². The number of rotatable bonds is 3. The summed E-state index contributed by atoms with van der Waals surface area (Å²) in [5.41, 5.74) is 0.963. The second-order valence-electron chi connectivity index (χ2n) is 4.70. The van der Waals surface area contributed by atoms with Crippen LogP contribution in [0, 0.1) is 6.92 Å². The molecular weight excluding hydrogens is 204 g/mol. The van der Waals surface area contributed by atoms with E-state index in [0.29, 0.717) is 0 Å². The molecule has 1 saturated heterocycles. The Morgan fingerprint density at radius 2 is 2.44 bits per heavy atom. The lowest BCUT2D eigenvalue weighted by atomic mass is 9.98. The molecule has 1 aromatic heterocycles. The molecule has 0 saturated carbocycles. The summed E-state index contributed by atoms with van der Waals surface area (Å²) in [4.78, 5) is 2.31. The summed E-state index contributed by atoms with van der Waals surface area (Å²) >= 11 is 0. The van der Waals surface area contributed by atoms with E-state index >= 15 is 0 Å². The van der Waals surface area contributed by atoms with E-state index in [1.165, 1.54) is 12.8 Å². The Bertz CT molecular complexity index is 336. The molecule has 4 heteroatoms. The van der Waals surface area contributed by atoms with Crippen molar-refractivity contribution in [1.29, 1.82) is 0 Å². The number of nitrogens with zero attached hydrogens (tertiary/aromatic N) is 2. The molecule has 0 spiro atoms. The zero-order chi connectivity index (χ0) is 11.5. The number of likely N-dealkylation sites (tertiary alicyclic amines) is 1. The van der Waals surface area contributed by atoms with Gasteiger partial charge < -0.3 is 9.63 Å². The average Bonchev–Trinajstić information content (AvgIpc) is 2.64. The molecule has 1 aromatic rings. The van der Waals surface area contributed by atoms with Gasteiger partial charge in [0.15, 0.2) is 0 Å². The fourth-order valence-corrected chi connectivity index (χ4v) is 2.46. The molecule has 0 radical (unpaired) electrons. The van der Waals surface area contributed by atoms with Crippen LogP contribution in [-0.4, -0.2) is 33.9 Å². The lowest BCUT2D eigenvalue weighted by Crippen LogP contribution is -2.45. The van der Waals surface area contributed by atoms with E-state index in [9.17, 15) is 5.11 Å². The van der Waals surface area contributed by atoms with E-state index in [1.807, 2.05) is 19.9 Å². The van der Waals surface area contributed by atoms with Gasteiger partial charge in [0.1, 0.15) is 5.76 Å². The molecule has 2 rings (SSSR count). The Morgan fingerprint density at radius 3 is 3.06 bits per heavy atom. The third-order valence-electron chi connectivity index (χ3n) is 3.26. The highest BCUT2D eigenvalue weighted by molar-refractivity contribution is 5.04. The third-order valence-corrected chi connectivity index (χ3v) is 3.26. The quantitative estimate of drug-likeness (QED) is 0.849. The van der Waals surface area contributed by atoms with Crippen molar-refractivity contribution < 1.29 is 9.63 Å². The van der Waals surface area contributed by atoms with E-state index in [-0.39, 0.29) is 12.1 Å². The number of aromatic nitrogens is 1. The highest BCUT2D eigenvalue weighted by Gasteiger charge is 2.26. The van der Waals surface area contributed by atoms with Crippen LogP contribution in [0.15, 0.2) is 10.6 Å². The van der Waals surface area contributed by atoms with Gasteiger partial charge in [0.25, 0.3) is 0 Å². The van der Waals surface area contributed by atoms with Crippen molar-refractivity contribution in [2.75, 3.05) is 6.54 Å². The summed E-state index contributed by atoms with van der Waals surface area (Å²) < 4.78 is 5.06. The fourth-order valence-electron chi connectivity index (χ4n) is 2.46. The van der Waals surface area contributed by atoms with Crippen LogP contribution in [0.3, 0.4) is 0 Å². The first-order chi connectivity index (χ1) is 7.66. The minimum atomic E-state index is -0.270. The van der Waals surface area contributed by atoms with Gasteiger partial charge in [-0.3, -0.25) is 4.90 Å². The number of aliphatic hydroxyl groups excluding tert-OH is 1. The lowest BCUT2D eigenvalue weighted by molar-refractivity contribution is 0.0304. The predicted molar refractivity (Wildman–Crippen MR) is 61.0 cm³/mol. The van der Waals surface area contributed by atoms with Crippen LogP contribution < -0.4 is 0 Å². The summed E-state index contributed by atoms with van der Waals surface area (Å²) in [5.74, 6) is 0.848. The van der Waals surface area contributed by atoms with Crippen LogP contribution in [0.5, 0.6) is 0 Å². The highest BCUT2D eigenvalue weighted by atomic mass is 16.5. The zero-order valence-corrected chi connectivity index (χ0v) is 10.0. The third kappa shape index (κ3) is 2.62. The van der Waals surface area contributed by atoms with Gasteiger partial charge in [0, 0.05) is 18.7 Å². The molecule has 2 heterocycles. The van der Waals surface area contributed by atoms with Gasteiger partial charge in [-0.2, -0.15) is 0 Å². The molecule has 4 nitrogen and oxygen atoms in total. The number of hydrogen-bond donors (Lipinski definition) is 1. The van der Waals surface area contributed by atoms with Gasteiger partial charge in [-0.15, -0.1) is 0 Å². The van der Waals surface area contributed by atoms with Crippen LogP contribution in [0.2, 0.25) is 0 Å². The van der Waals surface area contributed by atoms with E-state index in [0.717, 1.165) is 31.0 Å². The molecule has 2 unspecified atom stereocenters.